The molecular formula is C25H33N5O5S. The van der Waals surface area contributed by atoms with Gasteiger partial charge in [0.15, 0.2) is 0 Å². The van der Waals surface area contributed by atoms with E-state index in [4.69, 9.17) is 4.74 Å². The number of hydrogen-bond acceptors (Lipinski definition) is 6. The molecule has 4 heterocycles. The summed E-state index contributed by atoms with van der Waals surface area (Å²) in [5.74, 6) is -0.185. The lowest BCUT2D eigenvalue weighted by Crippen LogP contribution is -2.47. The Labute approximate surface area is 211 Å². The molecule has 0 unspecified atom stereocenters. The minimum atomic E-state index is -3.80. The van der Waals surface area contributed by atoms with Crippen molar-refractivity contribution in [3.63, 3.8) is 0 Å². The number of para-hydroxylation sites is 1. The Balaban J connectivity index is 1.27. The van der Waals surface area contributed by atoms with E-state index < -0.39 is 10.0 Å². The van der Waals surface area contributed by atoms with Gasteiger partial charge in [-0.15, -0.1) is 0 Å². The number of amides is 2. The molecule has 0 bridgehead atoms. The number of sulfonamides is 1. The molecule has 2 saturated heterocycles. The van der Waals surface area contributed by atoms with Gasteiger partial charge in [0.25, 0.3) is 0 Å². The maximum absolute atomic E-state index is 13.6. The molecule has 5 rings (SSSR count). The molecule has 0 radical (unpaired) electrons. The van der Waals surface area contributed by atoms with E-state index in [9.17, 15) is 18.0 Å². The van der Waals surface area contributed by atoms with Crippen LogP contribution in [0, 0.1) is 19.8 Å². The van der Waals surface area contributed by atoms with Gasteiger partial charge in [-0.3, -0.25) is 14.3 Å². The van der Waals surface area contributed by atoms with Crippen LogP contribution >= 0.6 is 0 Å². The predicted molar refractivity (Wildman–Crippen MR) is 133 cm³/mol. The number of morpholine rings is 1. The molecule has 0 saturated carbocycles. The number of carbonyl (C=O) groups excluding carboxylic acids is 2. The number of carbonyl (C=O) groups is 2. The van der Waals surface area contributed by atoms with Gasteiger partial charge in [-0.05, 0) is 44.7 Å². The van der Waals surface area contributed by atoms with Gasteiger partial charge in [0.05, 0.1) is 24.6 Å². The number of nitrogens with zero attached hydrogens (tertiary/aromatic N) is 5. The lowest BCUT2D eigenvalue weighted by atomic mass is 9.96. The van der Waals surface area contributed by atoms with E-state index >= 15 is 0 Å². The Kier molecular flexibility index (Phi) is 6.88. The highest BCUT2D eigenvalue weighted by Crippen LogP contribution is 2.30. The summed E-state index contributed by atoms with van der Waals surface area (Å²) in [6.07, 6.45) is 1.80. The minimum Gasteiger partial charge on any atom is -0.378 e. The molecule has 36 heavy (non-hydrogen) atoms. The second-order valence-electron chi connectivity index (χ2n) is 9.70. The molecule has 11 heteroatoms. The van der Waals surface area contributed by atoms with Gasteiger partial charge in [-0.25, -0.2) is 8.42 Å². The van der Waals surface area contributed by atoms with Crippen LogP contribution in [0.3, 0.4) is 0 Å². The third-order valence-corrected chi connectivity index (χ3v) is 9.66. The molecule has 1 aromatic heterocycles. The lowest BCUT2D eigenvalue weighted by molar-refractivity contribution is -0.140. The van der Waals surface area contributed by atoms with E-state index in [1.54, 1.807) is 18.7 Å². The minimum absolute atomic E-state index is 0.0212. The number of rotatable bonds is 5. The quantitative estimate of drug-likeness (QED) is 0.595. The summed E-state index contributed by atoms with van der Waals surface area (Å²) in [5, 5.41) is 4.43. The summed E-state index contributed by atoms with van der Waals surface area (Å²) < 4.78 is 35.5. The van der Waals surface area contributed by atoms with Gasteiger partial charge in [0.1, 0.15) is 11.4 Å². The van der Waals surface area contributed by atoms with Crippen LogP contribution in [0.5, 0.6) is 0 Å². The van der Waals surface area contributed by atoms with E-state index in [0.717, 1.165) is 17.7 Å². The Morgan fingerprint density at radius 1 is 1.03 bits per heavy atom. The first-order valence-corrected chi connectivity index (χ1v) is 14.0. The topological polar surface area (TPSA) is 105 Å². The second kappa shape index (κ2) is 9.95. The summed E-state index contributed by atoms with van der Waals surface area (Å²) >= 11 is 0. The molecule has 3 aliphatic heterocycles. The molecule has 3 aliphatic rings. The van der Waals surface area contributed by atoms with Crippen LogP contribution in [-0.4, -0.2) is 85.2 Å². The van der Waals surface area contributed by atoms with Gasteiger partial charge < -0.3 is 14.5 Å². The van der Waals surface area contributed by atoms with Gasteiger partial charge in [0, 0.05) is 44.3 Å². The fourth-order valence-corrected chi connectivity index (χ4v) is 7.38. The molecule has 2 fully saturated rings. The maximum Gasteiger partial charge on any atom is 0.248 e. The number of piperidine rings is 1. The van der Waals surface area contributed by atoms with E-state index in [-0.39, 0.29) is 42.3 Å². The molecule has 10 nitrogen and oxygen atoms in total. The van der Waals surface area contributed by atoms with E-state index in [1.807, 2.05) is 29.2 Å². The second-order valence-corrected chi connectivity index (χ2v) is 11.6. The summed E-state index contributed by atoms with van der Waals surface area (Å²) in [7, 11) is -3.80. The number of anilines is 1. The van der Waals surface area contributed by atoms with Gasteiger partial charge in [-0.1, -0.05) is 18.2 Å². The number of fused-ring (bicyclic) bond motifs is 1. The summed E-state index contributed by atoms with van der Waals surface area (Å²) in [5.41, 5.74) is 2.89. The van der Waals surface area contributed by atoms with Crippen molar-refractivity contribution in [1.82, 2.24) is 19.0 Å². The van der Waals surface area contributed by atoms with Crippen LogP contribution in [0.1, 0.15) is 29.8 Å². The normalized spacial score (nSPS) is 19.5. The fraction of sp³-hybridized carbons (Fsp3) is 0.560. The zero-order valence-corrected chi connectivity index (χ0v) is 21.7. The molecule has 0 atom stereocenters. The lowest BCUT2D eigenvalue weighted by Gasteiger charge is -2.35. The van der Waals surface area contributed by atoms with Crippen LogP contribution in [-0.2, 0) is 37.3 Å². The maximum atomic E-state index is 13.6. The van der Waals surface area contributed by atoms with Gasteiger partial charge >= 0.3 is 0 Å². The van der Waals surface area contributed by atoms with E-state index in [1.165, 1.54) is 8.99 Å². The smallest absolute Gasteiger partial charge is 0.248 e. The number of aromatic nitrogens is 2. The van der Waals surface area contributed by atoms with Crippen molar-refractivity contribution in [2.24, 2.45) is 5.92 Å². The number of benzene rings is 1. The Morgan fingerprint density at radius 3 is 2.44 bits per heavy atom. The highest BCUT2D eigenvalue weighted by Gasteiger charge is 2.37. The molecule has 0 spiro atoms. The molecule has 0 N–H and O–H groups in total. The molecule has 0 aliphatic carbocycles. The first-order chi connectivity index (χ1) is 17.3. The Bertz CT molecular complexity index is 1260. The number of ether oxygens (including phenoxy) is 1. The van der Waals surface area contributed by atoms with Crippen molar-refractivity contribution in [3.05, 3.63) is 41.2 Å². The van der Waals surface area contributed by atoms with E-state index in [0.29, 0.717) is 57.1 Å². The van der Waals surface area contributed by atoms with Crippen LogP contribution in [0.2, 0.25) is 0 Å². The average Bonchev–Trinajstić information content (AvgIpc) is 3.44. The third-order valence-electron chi connectivity index (χ3n) is 7.51. The van der Waals surface area contributed by atoms with Crippen LogP contribution in [0.4, 0.5) is 5.69 Å². The SMILES string of the molecule is Cc1nn(CC(=O)N2CCc3ccccc32)c(C)c1S(=O)(=O)N1CCC(C(=O)N2CCOCC2)CC1. The Morgan fingerprint density at radius 2 is 1.72 bits per heavy atom. The van der Waals surface area contributed by atoms with Crippen molar-refractivity contribution in [2.45, 2.75) is 44.6 Å². The van der Waals surface area contributed by atoms with Gasteiger partial charge in [0.2, 0.25) is 21.8 Å². The number of aryl methyl sites for hydroxylation is 1. The Hall–Kier alpha value is -2.76. The zero-order valence-electron chi connectivity index (χ0n) is 20.9. The summed E-state index contributed by atoms with van der Waals surface area (Å²) in [4.78, 5) is 29.7. The summed E-state index contributed by atoms with van der Waals surface area (Å²) in [6, 6.07) is 7.83. The molecule has 194 valence electrons. The fourth-order valence-electron chi connectivity index (χ4n) is 5.53. The van der Waals surface area contributed by atoms with Crippen molar-refractivity contribution >= 4 is 27.5 Å². The first kappa shape index (κ1) is 24.9. The number of hydrogen-bond donors (Lipinski definition) is 0. The van der Waals surface area contributed by atoms with Crippen molar-refractivity contribution in [3.8, 4) is 0 Å². The zero-order chi connectivity index (χ0) is 25.4. The van der Waals surface area contributed by atoms with Crippen molar-refractivity contribution in [2.75, 3.05) is 50.8 Å². The standard InChI is InChI=1S/C25H33N5O5S/c1-18-24(19(2)30(26-18)17-23(31)29-12-9-20-5-3-4-6-22(20)29)36(33,34)28-10-7-21(8-11-28)25(32)27-13-15-35-16-14-27/h3-6,21H,7-17H2,1-2H3. The first-order valence-electron chi connectivity index (χ1n) is 12.6. The van der Waals surface area contributed by atoms with Crippen molar-refractivity contribution in [1.29, 1.82) is 0 Å². The molecule has 1 aromatic carbocycles. The largest absolute Gasteiger partial charge is 0.378 e. The van der Waals surface area contributed by atoms with Crippen LogP contribution < -0.4 is 4.90 Å². The molecular weight excluding hydrogens is 482 g/mol. The van der Waals surface area contributed by atoms with E-state index in [2.05, 4.69) is 5.10 Å². The summed E-state index contributed by atoms with van der Waals surface area (Å²) in [6.45, 7) is 6.82. The van der Waals surface area contributed by atoms with Crippen LogP contribution in [0.15, 0.2) is 29.2 Å². The monoisotopic (exact) mass is 515 g/mol. The third kappa shape index (κ3) is 4.55. The van der Waals surface area contributed by atoms with Gasteiger partial charge in [-0.2, -0.15) is 9.40 Å². The highest BCUT2D eigenvalue weighted by atomic mass is 32.2. The average molecular weight is 516 g/mol. The molecule has 2 aromatic rings. The predicted octanol–water partition coefficient (Wildman–Crippen LogP) is 1.35. The highest BCUT2D eigenvalue weighted by molar-refractivity contribution is 7.89. The molecule has 2 amide bonds. The van der Waals surface area contributed by atoms with Crippen LogP contribution in [0.25, 0.3) is 0 Å². The van der Waals surface area contributed by atoms with Crippen molar-refractivity contribution < 1.29 is 22.7 Å².